The van der Waals surface area contributed by atoms with E-state index in [9.17, 15) is 0 Å². The highest BCUT2D eigenvalue weighted by Crippen LogP contribution is 2.29. The molecule has 0 atom stereocenters. The lowest BCUT2D eigenvalue weighted by Gasteiger charge is -2.33. The van der Waals surface area contributed by atoms with Gasteiger partial charge in [-0.3, -0.25) is 0 Å². The summed E-state index contributed by atoms with van der Waals surface area (Å²) in [6.07, 6.45) is 7.14. The average molecular weight is 431 g/mol. The Bertz CT molecular complexity index is 1030. The minimum Gasteiger partial charge on any atom is -0.490 e. The predicted octanol–water partition coefficient (Wildman–Crippen LogP) is 3.49. The monoisotopic (exact) mass is 430 g/mol. The summed E-state index contributed by atoms with van der Waals surface area (Å²) in [5.41, 5.74) is 3.10. The molecule has 1 saturated carbocycles. The number of hydrogen-bond acceptors (Lipinski definition) is 7. The second-order valence-electron chi connectivity index (χ2n) is 8.59. The van der Waals surface area contributed by atoms with Gasteiger partial charge in [-0.1, -0.05) is 18.2 Å². The van der Waals surface area contributed by atoms with Crippen LogP contribution in [0.5, 0.6) is 5.75 Å². The molecule has 32 heavy (non-hydrogen) atoms. The van der Waals surface area contributed by atoms with E-state index in [4.69, 9.17) is 4.74 Å². The number of para-hydroxylation sites is 1. The molecule has 1 aliphatic carbocycles. The second kappa shape index (κ2) is 9.53. The quantitative estimate of drug-likeness (QED) is 0.587. The fourth-order valence-corrected chi connectivity index (χ4v) is 3.89. The number of piperazine rings is 1. The largest absolute Gasteiger partial charge is 0.490 e. The van der Waals surface area contributed by atoms with E-state index >= 15 is 0 Å². The van der Waals surface area contributed by atoms with Crippen molar-refractivity contribution in [3.63, 3.8) is 0 Å². The van der Waals surface area contributed by atoms with E-state index in [-0.39, 0.29) is 0 Å². The third-order valence-electron chi connectivity index (χ3n) is 6.03. The summed E-state index contributed by atoms with van der Waals surface area (Å²) < 4.78 is 6.03. The van der Waals surface area contributed by atoms with Crippen molar-refractivity contribution in [3.8, 4) is 17.0 Å². The van der Waals surface area contributed by atoms with Gasteiger partial charge in [-0.15, -0.1) is 0 Å². The molecular weight excluding hydrogens is 400 g/mol. The van der Waals surface area contributed by atoms with E-state index in [0.29, 0.717) is 6.10 Å². The summed E-state index contributed by atoms with van der Waals surface area (Å²) in [4.78, 5) is 18.2. The number of nitrogens with zero attached hydrogens (tertiary/aromatic N) is 5. The van der Waals surface area contributed by atoms with Crippen LogP contribution in [0.2, 0.25) is 0 Å². The molecule has 0 radical (unpaired) electrons. The van der Waals surface area contributed by atoms with Crippen LogP contribution in [0.1, 0.15) is 18.4 Å². The van der Waals surface area contributed by atoms with E-state index < -0.39 is 0 Å². The Morgan fingerprint density at radius 2 is 1.84 bits per heavy atom. The summed E-state index contributed by atoms with van der Waals surface area (Å²) in [6, 6.07) is 14.5. The van der Waals surface area contributed by atoms with Crippen LogP contribution < -0.4 is 15.0 Å². The highest BCUT2D eigenvalue weighted by atomic mass is 16.5. The molecule has 2 aromatic heterocycles. The number of nitrogens with one attached hydrogen (secondary N) is 1. The van der Waals surface area contributed by atoms with Crippen LogP contribution in [0.15, 0.2) is 55.0 Å². The van der Waals surface area contributed by atoms with Gasteiger partial charge in [-0.25, -0.2) is 15.0 Å². The Balaban J connectivity index is 1.19. The van der Waals surface area contributed by atoms with Gasteiger partial charge < -0.3 is 19.9 Å². The lowest BCUT2D eigenvalue weighted by Crippen LogP contribution is -2.44. The Labute approximate surface area is 189 Å². The van der Waals surface area contributed by atoms with Crippen molar-refractivity contribution in [2.24, 2.45) is 0 Å². The van der Waals surface area contributed by atoms with Gasteiger partial charge >= 0.3 is 0 Å². The molecule has 2 fully saturated rings. The van der Waals surface area contributed by atoms with E-state index in [2.05, 4.69) is 67.4 Å². The first-order valence-corrected chi connectivity index (χ1v) is 11.4. The molecule has 0 unspecified atom stereocenters. The van der Waals surface area contributed by atoms with Gasteiger partial charge in [0.1, 0.15) is 23.7 Å². The van der Waals surface area contributed by atoms with Crippen LogP contribution in [0.3, 0.4) is 0 Å². The van der Waals surface area contributed by atoms with Gasteiger partial charge in [0.15, 0.2) is 0 Å². The molecule has 5 rings (SSSR count). The van der Waals surface area contributed by atoms with Crippen molar-refractivity contribution < 1.29 is 4.74 Å². The zero-order valence-corrected chi connectivity index (χ0v) is 18.6. The van der Waals surface area contributed by atoms with Crippen LogP contribution >= 0.6 is 0 Å². The van der Waals surface area contributed by atoms with Crippen LogP contribution in [0, 0.1) is 0 Å². The molecule has 0 amide bonds. The van der Waals surface area contributed by atoms with Crippen LogP contribution in [0.4, 0.5) is 11.6 Å². The van der Waals surface area contributed by atoms with E-state index in [1.165, 1.54) is 18.4 Å². The molecule has 1 saturated heterocycles. The van der Waals surface area contributed by atoms with Gasteiger partial charge in [0.25, 0.3) is 0 Å². The van der Waals surface area contributed by atoms with Crippen molar-refractivity contribution in [3.05, 3.63) is 60.6 Å². The van der Waals surface area contributed by atoms with Crippen molar-refractivity contribution in [2.45, 2.75) is 25.4 Å². The molecule has 3 aromatic rings. The third kappa shape index (κ3) is 5.16. The Hall–Kier alpha value is -3.19. The number of benzene rings is 1. The average Bonchev–Trinajstić information content (AvgIpc) is 3.65. The summed E-state index contributed by atoms with van der Waals surface area (Å²) in [5.74, 6) is 2.85. The first-order valence-electron chi connectivity index (χ1n) is 11.4. The van der Waals surface area contributed by atoms with Gasteiger partial charge in [0.2, 0.25) is 0 Å². The maximum absolute atomic E-state index is 6.03. The second-order valence-corrected chi connectivity index (χ2v) is 8.59. The lowest BCUT2D eigenvalue weighted by atomic mass is 10.1. The number of ether oxygens (including phenoxy) is 1. The highest BCUT2D eigenvalue weighted by molar-refractivity contribution is 5.62. The molecule has 1 aromatic carbocycles. The van der Waals surface area contributed by atoms with Crippen LogP contribution in [-0.4, -0.2) is 65.7 Å². The number of likely N-dealkylation sites (N-methyl/N-ethyl adjacent to an activating group) is 1. The molecule has 2 aliphatic rings. The van der Waals surface area contributed by atoms with Crippen molar-refractivity contribution >= 4 is 11.6 Å². The molecule has 1 N–H and O–H groups in total. The van der Waals surface area contributed by atoms with Crippen LogP contribution in [-0.2, 0) is 6.42 Å². The highest BCUT2D eigenvalue weighted by Gasteiger charge is 2.24. The zero-order valence-electron chi connectivity index (χ0n) is 18.6. The molecule has 0 bridgehead atoms. The topological polar surface area (TPSA) is 66.4 Å². The van der Waals surface area contributed by atoms with E-state index in [1.54, 1.807) is 6.33 Å². The number of aromatic nitrogens is 3. The number of rotatable bonds is 8. The van der Waals surface area contributed by atoms with Crippen molar-refractivity contribution in [2.75, 3.05) is 50.0 Å². The van der Waals surface area contributed by atoms with Crippen molar-refractivity contribution in [1.29, 1.82) is 0 Å². The van der Waals surface area contributed by atoms with Crippen molar-refractivity contribution in [1.82, 2.24) is 19.9 Å². The molecule has 7 nitrogen and oxygen atoms in total. The molecule has 3 heterocycles. The molecule has 0 spiro atoms. The van der Waals surface area contributed by atoms with Gasteiger partial charge in [-0.05, 0) is 50.1 Å². The maximum atomic E-state index is 6.03. The fraction of sp³-hybridized carbons (Fsp3) is 0.400. The Morgan fingerprint density at radius 3 is 2.62 bits per heavy atom. The fourth-order valence-electron chi connectivity index (χ4n) is 3.89. The molecule has 7 heteroatoms. The summed E-state index contributed by atoms with van der Waals surface area (Å²) in [7, 11) is 2.16. The Kier molecular flexibility index (Phi) is 6.16. The van der Waals surface area contributed by atoms with Crippen LogP contribution in [0.25, 0.3) is 11.3 Å². The normalized spacial score (nSPS) is 16.7. The maximum Gasteiger partial charge on any atom is 0.129 e. The standard InChI is InChI=1S/C25H30N6O/c1-30-12-14-31(15-13-30)25-9-6-20(17-27-25)22-16-24(29-18-28-22)26-11-10-19-4-2-3-5-23(19)32-21-7-8-21/h2-6,9,16-18,21H,7-8,10-15H2,1H3,(H,26,28,29). The lowest BCUT2D eigenvalue weighted by molar-refractivity contribution is 0.300. The number of pyridine rings is 1. The minimum absolute atomic E-state index is 0.407. The summed E-state index contributed by atoms with van der Waals surface area (Å²) in [5, 5.41) is 3.43. The summed E-state index contributed by atoms with van der Waals surface area (Å²) in [6.45, 7) is 4.95. The molecule has 1 aliphatic heterocycles. The Morgan fingerprint density at radius 1 is 1.00 bits per heavy atom. The molecule has 166 valence electrons. The molecular formula is C25H30N6O. The van der Waals surface area contributed by atoms with Gasteiger partial charge in [0, 0.05) is 50.6 Å². The number of anilines is 2. The summed E-state index contributed by atoms with van der Waals surface area (Å²) >= 11 is 0. The van der Waals surface area contributed by atoms with Gasteiger partial charge in [0.05, 0.1) is 11.8 Å². The first kappa shape index (κ1) is 20.7. The SMILES string of the molecule is CN1CCN(c2ccc(-c3cc(NCCc4ccccc4OC4CC4)ncn3)cn2)CC1. The third-order valence-corrected chi connectivity index (χ3v) is 6.03. The van der Waals surface area contributed by atoms with E-state index in [1.807, 2.05) is 18.3 Å². The minimum atomic E-state index is 0.407. The predicted molar refractivity (Wildman–Crippen MR) is 127 cm³/mol. The zero-order chi connectivity index (χ0) is 21.8. The first-order chi connectivity index (χ1) is 15.7. The van der Waals surface area contributed by atoms with Gasteiger partial charge in [-0.2, -0.15) is 0 Å². The smallest absolute Gasteiger partial charge is 0.129 e. The van der Waals surface area contributed by atoms with E-state index in [0.717, 1.165) is 67.8 Å². The number of hydrogen-bond donors (Lipinski definition) is 1.